The smallest absolute Gasteiger partial charge is 0.249 e. The van der Waals surface area contributed by atoms with Gasteiger partial charge < -0.3 is 0 Å². The molecule has 26 heavy (non-hydrogen) atoms. The van der Waals surface area contributed by atoms with Crippen molar-refractivity contribution in [2.24, 2.45) is 5.92 Å². The van der Waals surface area contributed by atoms with E-state index in [0.29, 0.717) is 6.42 Å². The van der Waals surface area contributed by atoms with E-state index in [1.807, 2.05) is 50.2 Å². The molecule has 2 atom stereocenters. The van der Waals surface area contributed by atoms with E-state index in [-0.39, 0.29) is 17.9 Å². The van der Waals surface area contributed by atoms with E-state index in [1.165, 1.54) is 5.06 Å². The third-order valence-electron chi connectivity index (χ3n) is 4.85. The van der Waals surface area contributed by atoms with E-state index >= 15 is 0 Å². The second-order valence-corrected chi connectivity index (χ2v) is 6.68. The predicted molar refractivity (Wildman–Crippen MR) is 106 cm³/mol. The third-order valence-corrected chi connectivity index (χ3v) is 4.85. The van der Waals surface area contributed by atoms with Gasteiger partial charge in [0.15, 0.2) is 0 Å². The summed E-state index contributed by atoms with van der Waals surface area (Å²) in [5.74, 6) is -0.161. The molecule has 0 saturated carbocycles. The zero-order valence-corrected chi connectivity index (χ0v) is 15.6. The van der Waals surface area contributed by atoms with Gasteiger partial charge in [-0.3, -0.25) is 9.63 Å². The molecule has 0 saturated heterocycles. The predicted octanol–water partition coefficient (Wildman–Crippen LogP) is 5.17. The summed E-state index contributed by atoms with van der Waals surface area (Å²) in [5.41, 5.74) is 2.24. The molecule has 1 amide bonds. The van der Waals surface area contributed by atoms with Crippen molar-refractivity contribution < 1.29 is 9.63 Å². The van der Waals surface area contributed by atoms with Crippen LogP contribution in [0.25, 0.3) is 10.8 Å². The highest BCUT2D eigenvalue weighted by atomic mass is 16.7. The second kappa shape index (κ2) is 8.15. The van der Waals surface area contributed by atoms with Crippen molar-refractivity contribution in [2.45, 2.75) is 26.3 Å². The van der Waals surface area contributed by atoms with Gasteiger partial charge in [0.25, 0.3) is 0 Å². The van der Waals surface area contributed by atoms with Crippen LogP contribution in [-0.4, -0.2) is 18.1 Å². The first kappa shape index (κ1) is 18.2. The lowest BCUT2D eigenvalue weighted by Crippen LogP contribution is -2.37. The third kappa shape index (κ3) is 3.78. The molecule has 0 unspecified atom stereocenters. The minimum atomic E-state index is -0.170. The van der Waals surface area contributed by atoms with E-state index in [2.05, 4.69) is 36.4 Å². The molecule has 0 aliphatic carbocycles. The highest BCUT2D eigenvalue weighted by Gasteiger charge is 2.27. The summed E-state index contributed by atoms with van der Waals surface area (Å²) in [4.78, 5) is 18.6. The SMILES string of the molecule is CON(C(=O)[C@@H](C)Cc1ccccc1)[C@H](C)c1cccc2ccccc12. The molecule has 3 heteroatoms. The fourth-order valence-corrected chi connectivity index (χ4v) is 3.45. The number of hydrogen-bond acceptors (Lipinski definition) is 2. The monoisotopic (exact) mass is 347 g/mol. The number of fused-ring (bicyclic) bond motifs is 1. The van der Waals surface area contributed by atoms with Gasteiger partial charge >= 0.3 is 0 Å². The Bertz CT molecular complexity index is 870. The lowest BCUT2D eigenvalue weighted by molar-refractivity contribution is -0.191. The standard InChI is InChI=1S/C23H25NO2/c1-17(16-19-10-5-4-6-11-19)23(25)24(26-3)18(2)21-15-9-13-20-12-7-8-14-22(20)21/h4-15,17-18H,16H2,1-3H3/t17-,18+/m0/s1. The minimum Gasteiger partial charge on any atom is -0.274 e. The Kier molecular flexibility index (Phi) is 5.69. The summed E-state index contributed by atoms with van der Waals surface area (Å²) in [6, 6.07) is 24.3. The van der Waals surface area contributed by atoms with Gasteiger partial charge in [0, 0.05) is 5.92 Å². The van der Waals surface area contributed by atoms with Crippen LogP contribution in [0.2, 0.25) is 0 Å². The number of amides is 1. The first-order valence-corrected chi connectivity index (χ1v) is 9.00. The zero-order valence-electron chi connectivity index (χ0n) is 15.6. The second-order valence-electron chi connectivity index (χ2n) is 6.68. The largest absolute Gasteiger partial charge is 0.274 e. The van der Waals surface area contributed by atoms with Gasteiger partial charge in [0.05, 0.1) is 13.2 Å². The molecule has 0 spiro atoms. The van der Waals surface area contributed by atoms with Gasteiger partial charge in [-0.1, -0.05) is 79.7 Å². The van der Waals surface area contributed by atoms with E-state index < -0.39 is 0 Å². The summed E-state index contributed by atoms with van der Waals surface area (Å²) in [6.07, 6.45) is 0.696. The Hall–Kier alpha value is -2.65. The average Bonchev–Trinajstić information content (AvgIpc) is 2.68. The Morgan fingerprint density at radius 2 is 1.58 bits per heavy atom. The van der Waals surface area contributed by atoms with Gasteiger partial charge in [0.2, 0.25) is 5.91 Å². The quantitative estimate of drug-likeness (QED) is 0.576. The van der Waals surface area contributed by atoms with Gasteiger partial charge in [-0.2, -0.15) is 0 Å². The van der Waals surface area contributed by atoms with Crippen LogP contribution < -0.4 is 0 Å². The summed E-state index contributed by atoms with van der Waals surface area (Å²) >= 11 is 0. The first-order valence-electron chi connectivity index (χ1n) is 9.00. The normalized spacial score (nSPS) is 13.3. The van der Waals surface area contributed by atoms with Gasteiger partial charge in [-0.05, 0) is 35.2 Å². The number of carbonyl (C=O) groups excluding carboxylic acids is 1. The highest BCUT2D eigenvalue weighted by Crippen LogP contribution is 2.29. The maximum Gasteiger partial charge on any atom is 0.249 e. The number of hydroxylamine groups is 2. The van der Waals surface area contributed by atoms with Crippen LogP contribution in [0.5, 0.6) is 0 Å². The minimum absolute atomic E-state index is 0.00297. The van der Waals surface area contributed by atoms with Crippen molar-refractivity contribution in [3.8, 4) is 0 Å². The molecule has 3 aromatic carbocycles. The zero-order chi connectivity index (χ0) is 18.5. The summed E-state index contributed by atoms with van der Waals surface area (Å²) < 4.78 is 0. The molecule has 0 aromatic heterocycles. The summed E-state index contributed by atoms with van der Waals surface area (Å²) in [7, 11) is 1.56. The van der Waals surface area contributed by atoms with Crippen LogP contribution in [0, 0.1) is 5.92 Å². The van der Waals surface area contributed by atoms with Crippen LogP contribution in [0.1, 0.15) is 31.0 Å². The molecular weight excluding hydrogens is 322 g/mol. The molecule has 0 aliphatic rings. The number of rotatable bonds is 6. The maximum absolute atomic E-state index is 13.0. The number of hydrogen-bond donors (Lipinski definition) is 0. The van der Waals surface area contributed by atoms with Crippen LogP contribution in [0.4, 0.5) is 0 Å². The Labute approximate surface area is 155 Å². The van der Waals surface area contributed by atoms with E-state index in [9.17, 15) is 4.79 Å². The molecule has 0 bridgehead atoms. The Balaban J connectivity index is 1.83. The number of benzene rings is 3. The molecule has 3 rings (SSSR count). The van der Waals surface area contributed by atoms with Crippen LogP contribution in [0.15, 0.2) is 72.8 Å². The topological polar surface area (TPSA) is 29.5 Å². The van der Waals surface area contributed by atoms with E-state index in [4.69, 9.17) is 4.84 Å². The molecule has 0 heterocycles. The first-order chi connectivity index (χ1) is 12.6. The molecule has 0 fully saturated rings. The molecule has 0 N–H and O–H groups in total. The van der Waals surface area contributed by atoms with Gasteiger partial charge in [0.1, 0.15) is 0 Å². The molecule has 134 valence electrons. The number of carbonyl (C=O) groups is 1. The Morgan fingerprint density at radius 3 is 2.31 bits per heavy atom. The van der Waals surface area contributed by atoms with E-state index in [0.717, 1.165) is 21.9 Å². The van der Waals surface area contributed by atoms with Crippen LogP contribution >= 0.6 is 0 Å². The van der Waals surface area contributed by atoms with Crippen molar-refractivity contribution in [3.63, 3.8) is 0 Å². The fourth-order valence-electron chi connectivity index (χ4n) is 3.45. The summed E-state index contributed by atoms with van der Waals surface area (Å²) in [5, 5.41) is 3.82. The van der Waals surface area contributed by atoms with Crippen molar-refractivity contribution in [3.05, 3.63) is 83.9 Å². The lowest BCUT2D eigenvalue weighted by Gasteiger charge is -2.30. The lowest BCUT2D eigenvalue weighted by atomic mass is 9.97. The van der Waals surface area contributed by atoms with Crippen molar-refractivity contribution in [2.75, 3.05) is 7.11 Å². The molecule has 3 nitrogen and oxygen atoms in total. The number of nitrogens with zero attached hydrogens (tertiary/aromatic N) is 1. The Morgan fingerprint density at radius 1 is 0.923 bits per heavy atom. The molecule has 3 aromatic rings. The average molecular weight is 347 g/mol. The van der Waals surface area contributed by atoms with E-state index in [1.54, 1.807) is 7.11 Å². The fraction of sp³-hybridized carbons (Fsp3) is 0.261. The molecular formula is C23H25NO2. The van der Waals surface area contributed by atoms with Crippen molar-refractivity contribution in [1.82, 2.24) is 5.06 Å². The van der Waals surface area contributed by atoms with Crippen LogP contribution in [-0.2, 0) is 16.1 Å². The van der Waals surface area contributed by atoms with Crippen molar-refractivity contribution >= 4 is 16.7 Å². The summed E-state index contributed by atoms with van der Waals surface area (Å²) in [6.45, 7) is 3.97. The highest BCUT2D eigenvalue weighted by molar-refractivity contribution is 5.87. The van der Waals surface area contributed by atoms with Gasteiger partial charge in [-0.15, -0.1) is 0 Å². The maximum atomic E-state index is 13.0. The molecule has 0 aliphatic heterocycles. The molecule has 0 radical (unpaired) electrons. The van der Waals surface area contributed by atoms with Gasteiger partial charge in [-0.25, -0.2) is 5.06 Å². The van der Waals surface area contributed by atoms with Crippen molar-refractivity contribution in [1.29, 1.82) is 0 Å². The van der Waals surface area contributed by atoms with Crippen LogP contribution in [0.3, 0.4) is 0 Å².